The second-order valence-electron chi connectivity index (χ2n) is 6.17. The SMILES string of the molecule is COc1ccc(-c2nc(-c3cccnc3)cs2)cc1OC1CCCC1. The Labute approximate surface area is 151 Å². The molecule has 0 spiro atoms. The highest BCUT2D eigenvalue weighted by Gasteiger charge is 2.19. The van der Waals surface area contributed by atoms with Crippen LogP contribution in [0.15, 0.2) is 48.1 Å². The number of aromatic nitrogens is 2. The molecule has 3 aromatic rings. The molecule has 4 rings (SSSR count). The Morgan fingerprint density at radius 2 is 1.96 bits per heavy atom. The van der Waals surface area contributed by atoms with Gasteiger partial charge in [0.25, 0.3) is 0 Å². The Morgan fingerprint density at radius 3 is 2.72 bits per heavy atom. The zero-order chi connectivity index (χ0) is 17.1. The molecule has 2 heterocycles. The van der Waals surface area contributed by atoms with E-state index in [0.29, 0.717) is 6.10 Å². The van der Waals surface area contributed by atoms with Crippen molar-refractivity contribution in [3.05, 3.63) is 48.1 Å². The Kier molecular flexibility index (Phi) is 4.65. The van der Waals surface area contributed by atoms with Crippen LogP contribution in [0, 0.1) is 0 Å². The summed E-state index contributed by atoms with van der Waals surface area (Å²) in [4.78, 5) is 8.93. The number of thiazole rings is 1. The molecule has 1 aliphatic rings. The first-order valence-corrected chi connectivity index (χ1v) is 9.42. The van der Waals surface area contributed by atoms with E-state index in [4.69, 9.17) is 14.5 Å². The van der Waals surface area contributed by atoms with Crippen molar-refractivity contribution >= 4 is 11.3 Å². The quantitative estimate of drug-likeness (QED) is 0.633. The van der Waals surface area contributed by atoms with Gasteiger partial charge in [-0.25, -0.2) is 4.98 Å². The van der Waals surface area contributed by atoms with Crippen LogP contribution < -0.4 is 9.47 Å². The fourth-order valence-corrected chi connectivity index (χ4v) is 3.97. The molecule has 1 aromatic carbocycles. The van der Waals surface area contributed by atoms with Crippen molar-refractivity contribution in [2.24, 2.45) is 0 Å². The normalized spacial score (nSPS) is 14.6. The minimum Gasteiger partial charge on any atom is -0.493 e. The van der Waals surface area contributed by atoms with Gasteiger partial charge >= 0.3 is 0 Å². The zero-order valence-corrected chi connectivity index (χ0v) is 15.0. The van der Waals surface area contributed by atoms with Crippen molar-refractivity contribution in [3.8, 4) is 33.3 Å². The van der Waals surface area contributed by atoms with Crippen LogP contribution in [0.4, 0.5) is 0 Å². The Morgan fingerprint density at radius 1 is 1.08 bits per heavy atom. The fraction of sp³-hybridized carbons (Fsp3) is 0.300. The molecule has 1 saturated carbocycles. The maximum absolute atomic E-state index is 6.19. The smallest absolute Gasteiger partial charge is 0.162 e. The van der Waals surface area contributed by atoms with Gasteiger partial charge in [0, 0.05) is 28.9 Å². The molecule has 2 aromatic heterocycles. The molecule has 0 bridgehead atoms. The molecule has 0 unspecified atom stereocenters. The summed E-state index contributed by atoms with van der Waals surface area (Å²) in [7, 11) is 1.68. The molecule has 0 amide bonds. The van der Waals surface area contributed by atoms with Crippen molar-refractivity contribution in [1.82, 2.24) is 9.97 Å². The molecular formula is C20H20N2O2S. The molecule has 0 saturated heterocycles. The molecule has 0 N–H and O–H groups in total. The summed E-state index contributed by atoms with van der Waals surface area (Å²) in [6.45, 7) is 0. The highest BCUT2D eigenvalue weighted by atomic mass is 32.1. The van der Waals surface area contributed by atoms with E-state index in [1.54, 1.807) is 24.6 Å². The third-order valence-electron chi connectivity index (χ3n) is 4.47. The lowest BCUT2D eigenvalue weighted by Gasteiger charge is -2.16. The predicted octanol–water partition coefficient (Wildman–Crippen LogP) is 5.20. The average molecular weight is 352 g/mol. The first-order chi connectivity index (χ1) is 12.3. The van der Waals surface area contributed by atoms with E-state index in [2.05, 4.69) is 10.4 Å². The van der Waals surface area contributed by atoms with Crippen LogP contribution in [0.3, 0.4) is 0 Å². The van der Waals surface area contributed by atoms with Gasteiger partial charge in [-0.1, -0.05) is 0 Å². The van der Waals surface area contributed by atoms with Crippen LogP contribution in [0.5, 0.6) is 11.5 Å². The maximum atomic E-state index is 6.19. The fourth-order valence-electron chi connectivity index (χ4n) is 3.14. The minimum absolute atomic E-state index is 0.298. The van der Waals surface area contributed by atoms with Crippen molar-refractivity contribution in [3.63, 3.8) is 0 Å². The van der Waals surface area contributed by atoms with Gasteiger partial charge in [-0.3, -0.25) is 4.98 Å². The average Bonchev–Trinajstić information content (AvgIpc) is 3.34. The minimum atomic E-state index is 0.298. The van der Waals surface area contributed by atoms with Gasteiger partial charge < -0.3 is 9.47 Å². The molecule has 5 heteroatoms. The summed E-state index contributed by atoms with van der Waals surface area (Å²) in [5.74, 6) is 1.59. The topological polar surface area (TPSA) is 44.2 Å². The van der Waals surface area contributed by atoms with Crippen LogP contribution in [0.25, 0.3) is 21.8 Å². The summed E-state index contributed by atoms with van der Waals surface area (Å²) in [5.41, 5.74) is 3.03. The Balaban J connectivity index is 1.63. The number of hydrogen-bond acceptors (Lipinski definition) is 5. The standard InChI is InChI=1S/C20H20N2O2S/c1-23-18-9-8-14(11-19(18)24-16-6-2-3-7-16)20-22-17(13-25-20)15-5-4-10-21-12-15/h4-5,8-13,16H,2-3,6-7H2,1H3. The van der Waals surface area contributed by atoms with Crippen LogP contribution in [0.2, 0.25) is 0 Å². The van der Waals surface area contributed by atoms with E-state index in [0.717, 1.165) is 46.2 Å². The van der Waals surface area contributed by atoms with Crippen molar-refractivity contribution < 1.29 is 9.47 Å². The molecule has 1 aliphatic carbocycles. The van der Waals surface area contributed by atoms with Crippen molar-refractivity contribution in [1.29, 1.82) is 0 Å². The number of nitrogens with zero attached hydrogens (tertiary/aromatic N) is 2. The lowest BCUT2D eigenvalue weighted by Crippen LogP contribution is -2.11. The van der Waals surface area contributed by atoms with E-state index in [1.165, 1.54) is 12.8 Å². The van der Waals surface area contributed by atoms with E-state index < -0.39 is 0 Å². The molecule has 128 valence electrons. The van der Waals surface area contributed by atoms with E-state index in [-0.39, 0.29) is 0 Å². The molecule has 0 radical (unpaired) electrons. The predicted molar refractivity (Wildman–Crippen MR) is 100 cm³/mol. The summed E-state index contributed by atoms with van der Waals surface area (Å²) >= 11 is 1.63. The van der Waals surface area contributed by atoms with E-state index >= 15 is 0 Å². The van der Waals surface area contributed by atoms with Crippen LogP contribution in [-0.2, 0) is 0 Å². The molecular weight excluding hydrogens is 332 g/mol. The van der Waals surface area contributed by atoms with Gasteiger partial charge in [0.15, 0.2) is 11.5 Å². The number of pyridine rings is 1. The van der Waals surface area contributed by atoms with Crippen molar-refractivity contribution in [2.45, 2.75) is 31.8 Å². The first-order valence-electron chi connectivity index (χ1n) is 8.54. The molecule has 0 aliphatic heterocycles. The molecule has 1 fully saturated rings. The van der Waals surface area contributed by atoms with Gasteiger partial charge in [0.2, 0.25) is 0 Å². The Bertz CT molecular complexity index is 842. The molecule has 25 heavy (non-hydrogen) atoms. The maximum Gasteiger partial charge on any atom is 0.162 e. The van der Waals surface area contributed by atoms with Gasteiger partial charge in [0.05, 0.1) is 18.9 Å². The third-order valence-corrected chi connectivity index (χ3v) is 5.36. The van der Waals surface area contributed by atoms with Gasteiger partial charge in [0.1, 0.15) is 5.01 Å². The number of benzene rings is 1. The zero-order valence-electron chi connectivity index (χ0n) is 14.1. The largest absolute Gasteiger partial charge is 0.493 e. The number of hydrogen-bond donors (Lipinski definition) is 0. The van der Waals surface area contributed by atoms with Gasteiger partial charge in [-0.2, -0.15) is 0 Å². The summed E-state index contributed by atoms with van der Waals surface area (Å²) in [5, 5.41) is 3.03. The highest BCUT2D eigenvalue weighted by molar-refractivity contribution is 7.13. The second kappa shape index (κ2) is 7.23. The van der Waals surface area contributed by atoms with Crippen LogP contribution in [0.1, 0.15) is 25.7 Å². The molecule has 0 atom stereocenters. The number of methoxy groups -OCH3 is 1. The van der Waals surface area contributed by atoms with Gasteiger partial charge in [-0.15, -0.1) is 11.3 Å². The van der Waals surface area contributed by atoms with E-state index in [9.17, 15) is 0 Å². The number of ether oxygens (including phenoxy) is 2. The third kappa shape index (κ3) is 3.51. The lowest BCUT2D eigenvalue weighted by molar-refractivity contribution is 0.201. The highest BCUT2D eigenvalue weighted by Crippen LogP contribution is 2.37. The second-order valence-corrected chi connectivity index (χ2v) is 7.03. The lowest BCUT2D eigenvalue weighted by atomic mass is 10.2. The van der Waals surface area contributed by atoms with Crippen LogP contribution >= 0.6 is 11.3 Å². The monoisotopic (exact) mass is 352 g/mol. The van der Waals surface area contributed by atoms with Crippen LogP contribution in [-0.4, -0.2) is 23.2 Å². The Hall–Kier alpha value is -2.40. The summed E-state index contributed by atoms with van der Waals surface area (Å²) < 4.78 is 11.7. The molecule has 4 nitrogen and oxygen atoms in total. The first kappa shape index (κ1) is 16.1. The van der Waals surface area contributed by atoms with E-state index in [1.807, 2.05) is 36.5 Å². The van der Waals surface area contributed by atoms with Gasteiger partial charge in [-0.05, 0) is 56.0 Å². The summed E-state index contributed by atoms with van der Waals surface area (Å²) in [6, 6.07) is 9.99. The summed E-state index contributed by atoms with van der Waals surface area (Å²) in [6.07, 6.45) is 8.63. The number of rotatable bonds is 5. The van der Waals surface area contributed by atoms with Crippen molar-refractivity contribution in [2.75, 3.05) is 7.11 Å².